The molecule has 0 aliphatic rings. The fourth-order valence-electron chi connectivity index (χ4n) is 0.503. The first-order valence-corrected chi connectivity index (χ1v) is 6.82. The summed E-state index contributed by atoms with van der Waals surface area (Å²) in [6, 6.07) is 0. The zero-order valence-corrected chi connectivity index (χ0v) is 10.7. The summed E-state index contributed by atoms with van der Waals surface area (Å²) in [6.07, 6.45) is 0. The van der Waals surface area contributed by atoms with Gasteiger partial charge in [-0.1, -0.05) is 0 Å². The van der Waals surface area contributed by atoms with Gasteiger partial charge in [0.05, 0.1) is 27.4 Å². The van der Waals surface area contributed by atoms with Crippen molar-refractivity contribution in [1.29, 1.82) is 0 Å². The molecule has 5 nitrogen and oxygen atoms in total. The summed E-state index contributed by atoms with van der Waals surface area (Å²) in [5.74, 6) is 1.35. The van der Waals surface area contributed by atoms with Gasteiger partial charge in [0.15, 0.2) is 0 Å². The van der Waals surface area contributed by atoms with E-state index in [0.717, 1.165) is 0 Å². The maximum atomic E-state index is 9.17. The summed E-state index contributed by atoms with van der Waals surface area (Å²) in [6.45, 7) is 0.830. The molecule has 14 heavy (non-hydrogen) atoms. The smallest absolute Gasteiger partial charge is 0.328 e. The Kier molecular flexibility index (Phi) is 12.8. The van der Waals surface area contributed by atoms with Crippen LogP contribution in [-0.2, 0) is 17.4 Å². The van der Waals surface area contributed by atoms with Gasteiger partial charge in [-0.2, -0.15) is 0 Å². The Bertz CT molecular complexity index is 108. The Morgan fingerprint density at radius 1 is 1.00 bits per heavy atom. The normalized spacial score (nSPS) is 11.1. The van der Waals surface area contributed by atoms with Crippen LogP contribution >= 0.6 is 32.7 Å². The van der Waals surface area contributed by atoms with Crippen LogP contribution in [0.4, 0.5) is 0 Å². The second-order valence-corrected chi connectivity index (χ2v) is 4.83. The summed E-state index contributed by atoms with van der Waals surface area (Å²) >= 11 is 2.55. The van der Waals surface area contributed by atoms with E-state index in [0.29, 0.717) is 24.7 Å². The van der Waals surface area contributed by atoms with Gasteiger partial charge in [-0.3, -0.25) is 0 Å². The van der Waals surface area contributed by atoms with Crippen molar-refractivity contribution in [1.82, 2.24) is 0 Å². The monoisotopic (exact) mass is 262 g/mol. The third-order valence-corrected chi connectivity index (χ3v) is 2.92. The highest BCUT2D eigenvalue weighted by Crippen LogP contribution is 2.32. The fourth-order valence-corrected chi connectivity index (χ4v) is 1.96. The largest absolute Gasteiger partial charge is 0.329 e. The molecule has 0 saturated carbocycles. The van der Waals surface area contributed by atoms with Crippen molar-refractivity contribution in [3.63, 3.8) is 0 Å². The highest BCUT2D eigenvalue weighted by molar-refractivity contribution is 7.94. The van der Waals surface area contributed by atoms with Crippen LogP contribution in [0.25, 0.3) is 0 Å². The van der Waals surface area contributed by atoms with E-state index in [9.17, 15) is 0 Å². The van der Waals surface area contributed by atoms with Gasteiger partial charge in [0, 0.05) is 11.5 Å². The van der Waals surface area contributed by atoms with Crippen LogP contribution in [0.3, 0.4) is 0 Å². The van der Waals surface area contributed by atoms with E-state index < -0.39 is 8.60 Å². The zero-order valence-electron chi connectivity index (χ0n) is 8.17. The standard InChI is InChI=1S/C6H15O5PS2/c1-8-13-5-3-10-12(7)11-4-6-14-9-2/h7H,3-6H2,1-2H3. The van der Waals surface area contributed by atoms with Crippen LogP contribution in [0.5, 0.6) is 0 Å². The molecule has 0 amide bonds. The Balaban J connectivity index is 3.07. The van der Waals surface area contributed by atoms with Gasteiger partial charge >= 0.3 is 8.60 Å². The van der Waals surface area contributed by atoms with E-state index in [1.54, 1.807) is 14.2 Å². The zero-order chi connectivity index (χ0) is 10.6. The van der Waals surface area contributed by atoms with Gasteiger partial charge < -0.3 is 22.3 Å². The van der Waals surface area contributed by atoms with Gasteiger partial charge in [0.2, 0.25) is 0 Å². The molecule has 0 aliphatic heterocycles. The Labute approximate surface area is 94.2 Å². The molecule has 1 N–H and O–H groups in total. The molecule has 0 radical (unpaired) electrons. The minimum absolute atomic E-state index is 0.415. The van der Waals surface area contributed by atoms with Crippen LogP contribution in [0.2, 0.25) is 0 Å². The molecule has 0 unspecified atom stereocenters. The molecular weight excluding hydrogens is 247 g/mol. The molecule has 0 atom stereocenters. The molecule has 0 aromatic rings. The molecule has 0 aliphatic carbocycles. The van der Waals surface area contributed by atoms with E-state index in [2.05, 4.69) is 0 Å². The molecule has 0 bridgehead atoms. The third-order valence-electron chi connectivity index (χ3n) is 0.972. The number of rotatable bonds is 10. The Hall–Kier alpha value is 0.930. The van der Waals surface area contributed by atoms with Gasteiger partial charge in [-0.05, 0) is 24.1 Å². The lowest BCUT2D eigenvalue weighted by molar-refractivity contribution is 0.217. The summed E-state index contributed by atoms with van der Waals surface area (Å²) in [5, 5.41) is 0. The molecule has 0 spiro atoms. The summed E-state index contributed by atoms with van der Waals surface area (Å²) in [4.78, 5) is 9.17. The van der Waals surface area contributed by atoms with Crippen molar-refractivity contribution in [2.75, 3.05) is 38.9 Å². The third kappa shape index (κ3) is 11.0. The molecule has 0 heterocycles. The van der Waals surface area contributed by atoms with E-state index in [1.807, 2.05) is 0 Å². The van der Waals surface area contributed by atoms with E-state index in [4.69, 9.17) is 22.3 Å². The number of hydrogen-bond donors (Lipinski definition) is 1. The predicted molar refractivity (Wildman–Crippen MR) is 60.0 cm³/mol. The second kappa shape index (κ2) is 12.0. The average molecular weight is 262 g/mol. The molecule has 0 fully saturated rings. The average Bonchev–Trinajstić information content (AvgIpc) is 2.19. The molecule has 8 heteroatoms. The van der Waals surface area contributed by atoms with Crippen molar-refractivity contribution in [2.45, 2.75) is 0 Å². The second-order valence-electron chi connectivity index (χ2n) is 1.88. The summed E-state index contributed by atoms with van der Waals surface area (Å²) in [7, 11) is 1.42. The topological polar surface area (TPSA) is 57.2 Å². The van der Waals surface area contributed by atoms with Crippen LogP contribution in [0.1, 0.15) is 0 Å². The van der Waals surface area contributed by atoms with E-state index in [-0.39, 0.29) is 0 Å². The lowest BCUT2D eigenvalue weighted by atomic mass is 10.9. The first kappa shape index (κ1) is 14.9. The van der Waals surface area contributed by atoms with Crippen molar-refractivity contribution < 1.29 is 22.3 Å². The van der Waals surface area contributed by atoms with Gasteiger partial charge in [-0.25, -0.2) is 0 Å². The highest BCUT2D eigenvalue weighted by Gasteiger charge is 2.05. The fraction of sp³-hybridized carbons (Fsp3) is 1.00. The SMILES string of the molecule is COSCCOP(O)OCCSOC. The van der Waals surface area contributed by atoms with E-state index in [1.165, 1.54) is 24.1 Å². The van der Waals surface area contributed by atoms with Crippen LogP contribution in [0.15, 0.2) is 0 Å². The predicted octanol–water partition coefficient (Wildman–Crippen LogP) is 1.83. The molecule has 86 valence electrons. The highest BCUT2D eigenvalue weighted by atomic mass is 32.2. The molecule has 0 saturated heterocycles. The van der Waals surface area contributed by atoms with Crippen LogP contribution < -0.4 is 0 Å². The van der Waals surface area contributed by atoms with Crippen molar-refractivity contribution >= 4 is 32.7 Å². The van der Waals surface area contributed by atoms with Crippen LogP contribution in [-0.4, -0.2) is 43.8 Å². The van der Waals surface area contributed by atoms with Crippen LogP contribution in [0, 0.1) is 0 Å². The van der Waals surface area contributed by atoms with Crippen molar-refractivity contribution in [2.24, 2.45) is 0 Å². The van der Waals surface area contributed by atoms with Crippen molar-refractivity contribution in [3.8, 4) is 0 Å². The first-order chi connectivity index (χ1) is 6.81. The molecular formula is C6H15O5PS2. The Morgan fingerprint density at radius 3 is 1.79 bits per heavy atom. The van der Waals surface area contributed by atoms with Gasteiger partial charge in [0.25, 0.3) is 0 Å². The van der Waals surface area contributed by atoms with Gasteiger partial charge in [-0.15, -0.1) is 0 Å². The maximum Gasteiger partial charge on any atom is 0.329 e. The summed E-state index contributed by atoms with van der Waals surface area (Å²) in [5.41, 5.74) is 0. The first-order valence-electron chi connectivity index (χ1n) is 3.87. The number of hydrogen-bond acceptors (Lipinski definition) is 7. The lowest BCUT2D eigenvalue weighted by Crippen LogP contribution is -1.98. The molecule has 0 aromatic carbocycles. The minimum atomic E-state index is -1.75. The minimum Gasteiger partial charge on any atom is -0.328 e. The quantitative estimate of drug-likeness (QED) is 0.366. The Morgan fingerprint density at radius 2 is 1.43 bits per heavy atom. The lowest BCUT2D eigenvalue weighted by Gasteiger charge is -2.09. The maximum absolute atomic E-state index is 9.17. The summed E-state index contributed by atoms with van der Waals surface area (Å²) < 4.78 is 19.4. The van der Waals surface area contributed by atoms with Gasteiger partial charge in [0.1, 0.15) is 0 Å². The molecule has 0 aromatic heterocycles. The van der Waals surface area contributed by atoms with E-state index >= 15 is 0 Å². The van der Waals surface area contributed by atoms with Crippen molar-refractivity contribution in [3.05, 3.63) is 0 Å². The molecule has 0 rings (SSSR count).